The van der Waals surface area contributed by atoms with Gasteiger partial charge in [-0.3, -0.25) is 0 Å². The largest absolute Gasteiger partial charge is 0.497 e. The fourth-order valence-corrected chi connectivity index (χ4v) is 3.49. The Kier molecular flexibility index (Phi) is 5.16. The summed E-state index contributed by atoms with van der Waals surface area (Å²) in [5, 5.41) is 0. The van der Waals surface area contributed by atoms with Crippen molar-refractivity contribution in [2.45, 2.75) is 11.4 Å². The van der Waals surface area contributed by atoms with Gasteiger partial charge >= 0.3 is 0 Å². The van der Waals surface area contributed by atoms with E-state index in [1.54, 1.807) is 31.4 Å². The second-order valence-electron chi connectivity index (χ2n) is 5.56. The third-order valence-electron chi connectivity index (χ3n) is 3.90. The normalized spacial score (nSPS) is 11.2. The van der Waals surface area contributed by atoms with E-state index in [9.17, 15) is 8.42 Å². The number of hydrogen-bond donors (Lipinski definition) is 1. The summed E-state index contributed by atoms with van der Waals surface area (Å²) in [5.74, 6) is 0.785. The Morgan fingerprint density at radius 1 is 0.800 bits per heavy atom. The van der Waals surface area contributed by atoms with Crippen molar-refractivity contribution in [1.29, 1.82) is 0 Å². The zero-order valence-electron chi connectivity index (χ0n) is 13.8. The maximum atomic E-state index is 12.4. The molecule has 5 heteroatoms. The number of nitrogens with one attached hydrogen (secondary N) is 1. The molecule has 0 saturated heterocycles. The van der Waals surface area contributed by atoms with Crippen LogP contribution in [0.1, 0.15) is 5.56 Å². The molecule has 25 heavy (non-hydrogen) atoms. The number of sulfonamides is 1. The molecule has 0 amide bonds. The molecule has 4 nitrogen and oxygen atoms in total. The summed E-state index contributed by atoms with van der Waals surface area (Å²) in [6.45, 7) is 0.267. The predicted octanol–water partition coefficient (Wildman–Crippen LogP) is 3.84. The molecule has 0 aliphatic carbocycles. The molecule has 0 aromatic heterocycles. The molecule has 128 valence electrons. The summed E-state index contributed by atoms with van der Waals surface area (Å²) in [7, 11) is -1.92. The average Bonchev–Trinajstić information content (AvgIpc) is 2.67. The average molecular weight is 353 g/mol. The summed E-state index contributed by atoms with van der Waals surface area (Å²) in [5.41, 5.74) is 2.87. The molecule has 0 heterocycles. The summed E-state index contributed by atoms with van der Waals surface area (Å²) in [6, 6.07) is 23.9. The van der Waals surface area contributed by atoms with Crippen molar-refractivity contribution in [3.8, 4) is 16.9 Å². The van der Waals surface area contributed by atoms with Crippen molar-refractivity contribution >= 4 is 10.0 Å². The zero-order chi connectivity index (χ0) is 17.7. The van der Waals surface area contributed by atoms with Crippen LogP contribution in [0, 0.1) is 0 Å². The summed E-state index contributed by atoms with van der Waals surface area (Å²) >= 11 is 0. The Bertz CT molecular complexity index is 919. The predicted molar refractivity (Wildman–Crippen MR) is 98.9 cm³/mol. The molecule has 0 fully saturated rings. The number of ether oxygens (including phenoxy) is 1. The van der Waals surface area contributed by atoms with Gasteiger partial charge in [0.25, 0.3) is 0 Å². The molecule has 0 aliphatic rings. The van der Waals surface area contributed by atoms with Gasteiger partial charge in [-0.2, -0.15) is 0 Å². The van der Waals surface area contributed by atoms with Crippen LogP contribution < -0.4 is 9.46 Å². The van der Waals surface area contributed by atoms with E-state index in [4.69, 9.17) is 4.74 Å². The minimum atomic E-state index is -3.54. The number of benzene rings is 3. The molecule has 0 aliphatic heterocycles. The van der Waals surface area contributed by atoms with Crippen molar-refractivity contribution in [3.63, 3.8) is 0 Å². The molecule has 1 N–H and O–H groups in total. The topological polar surface area (TPSA) is 55.4 Å². The van der Waals surface area contributed by atoms with Crippen molar-refractivity contribution in [3.05, 3.63) is 84.4 Å². The third-order valence-corrected chi connectivity index (χ3v) is 5.31. The van der Waals surface area contributed by atoms with Crippen LogP contribution >= 0.6 is 0 Å². The standard InChI is InChI=1S/C20H19NO3S/c1-24-19-11-7-17(8-12-19)18-9-13-20(14-10-18)25(22,23)21-15-16-5-3-2-4-6-16/h2-14,21H,15H2,1H3. The maximum absolute atomic E-state index is 12.4. The van der Waals surface area contributed by atoms with Gasteiger partial charge in [0.05, 0.1) is 12.0 Å². The summed E-state index contributed by atoms with van der Waals surface area (Å²) in [4.78, 5) is 0.251. The van der Waals surface area contributed by atoms with Crippen molar-refractivity contribution in [2.75, 3.05) is 7.11 Å². The van der Waals surface area contributed by atoms with Gasteiger partial charge in [0.2, 0.25) is 10.0 Å². The second kappa shape index (κ2) is 7.51. The van der Waals surface area contributed by atoms with Gasteiger partial charge in [-0.25, -0.2) is 13.1 Å². The Morgan fingerprint density at radius 2 is 1.36 bits per heavy atom. The lowest BCUT2D eigenvalue weighted by molar-refractivity contribution is 0.415. The van der Waals surface area contributed by atoms with E-state index in [2.05, 4.69) is 4.72 Å². The van der Waals surface area contributed by atoms with E-state index in [0.29, 0.717) is 0 Å². The fourth-order valence-electron chi connectivity index (χ4n) is 2.47. The molecular formula is C20H19NO3S. The lowest BCUT2D eigenvalue weighted by Crippen LogP contribution is -2.23. The molecule has 0 radical (unpaired) electrons. The van der Waals surface area contributed by atoms with E-state index in [-0.39, 0.29) is 11.4 Å². The van der Waals surface area contributed by atoms with Crippen molar-refractivity contribution in [2.24, 2.45) is 0 Å². The quantitative estimate of drug-likeness (QED) is 0.732. The number of rotatable bonds is 6. The Labute approximate surface area is 148 Å². The molecule has 0 unspecified atom stereocenters. The summed E-state index contributed by atoms with van der Waals surface area (Å²) in [6.07, 6.45) is 0. The first-order valence-electron chi connectivity index (χ1n) is 7.86. The highest BCUT2D eigenvalue weighted by Gasteiger charge is 2.13. The summed E-state index contributed by atoms with van der Waals surface area (Å²) < 4.78 is 32.6. The van der Waals surface area contributed by atoms with Crippen molar-refractivity contribution < 1.29 is 13.2 Å². The molecule has 3 aromatic rings. The molecular weight excluding hydrogens is 334 g/mol. The van der Waals surface area contributed by atoms with Gasteiger partial charge < -0.3 is 4.74 Å². The smallest absolute Gasteiger partial charge is 0.240 e. The molecule has 0 spiro atoms. The van der Waals surface area contributed by atoms with Gasteiger partial charge in [-0.05, 0) is 41.0 Å². The van der Waals surface area contributed by atoms with Crippen LogP contribution in [0.5, 0.6) is 5.75 Å². The van der Waals surface area contributed by atoms with Crippen LogP contribution in [0.4, 0.5) is 0 Å². The highest BCUT2D eigenvalue weighted by atomic mass is 32.2. The Morgan fingerprint density at radius 3 is 1.92 bits per heavy atom. The monoisotopic (exact) mass is 353 g/mol. The fraction of sp³-hybridized carbons (Fsp3) is 0.100. The van der Waals surface area contributed by atoms with E-state index in [1.807, 2.05) is 54.6 Å². The van der Waals surface area contributed by atoms with Crippen molar-refractivity contribution in [1.82, 2.24) is 4.72 Å². The van der Waals surface area contributed by atoms with Crippen LogP contribution in [0.3, 0.4) is 0 Å². The van der Waals surface area contributed by atoms with Crippen LogP contribution in [0.15, 0.2) is 83.8 Å². The van der Waals surface area contributed by atoms with E-state index in [0.717, 1.165) is 22.4 Å². The van der Waals surface area contributed by atoms with Crippen LogP contribution in [-0.4, -0.2) is 15.5 Å². The third kappa shape index (κ3) is 4.26. The highest BCUT2D eigenvalue weighted by molar-refractivity contribution is 7.89. The van der Waals surface area contributed by atoms with Crippen LogP contribution in [0.2, 0.25) is 0 Å². The van der Waals surface area contributed by atoms with Crippen LogP contribution in [0.25, 0.3) is 11.1 Å². The first-order valence-corrected chi connectivity index (χ1v) is 9.35. The van der Waals surface area contributed by atoms with Gasteiger partial charge in [-0.15, -0.1) is 0 Å². The molecule has 0 bridgehead atoms. The highest BCUT2D eigenvalue weighted by Crippen LogP contribution is 2.23. The minimum absolute atomic E-state index is 0.251. The molecule has 0 saturated carbocycles. The Balaban J connectivity index is 1.74. The maximum Gasteiger partial charge on any atom is 0.240 e. The van der Waals surface area contributed by atoms with Gasteiger partial charge in [0.1, 0.15) is 5.75 Å². The zero-order valence-corrected chi connectivity index (χ0v) is 14.7. The lowest BCUT2D eigenvalue weighted by Gasteiger charge is -2.08. The van der Waals surface area contributed by atoms with Gasteiger partial charge in [-0.1, -0.05) is 54.6 Å². The van der Waals surface area contributed by atoms with Gasteiger partial charge in [0.15, 0.2) is 0 Å². The lowest BCUT2D eigenvalue weighted by atomic mass is 10.1. The number of methoxy groups -OCH3 is 1. The van der Waals surface area contributed by atoms with Gasteiger partial charge in [0, 0.05) is 6.54 Å². The number of hydrogen-bond acceptors (Lipinski definition) is 3. The molecule has 0 atom stereocenters. The van der Waals surface area contributed by atoms with E-state index >= 15 is 0 Å². The second-order valence-corrected chi connectivity index (χ2v) is 7.33. The molecule has 3 rings (SSSR count). The van der Waals surface area contributed by atoms with E-state index in [1.165, 1.54) is 0 Å². The first kappa shape index (κ1) is 17.2. The van der Waals surface area contributed by atoms with E-state index < -0.39 is 10.0 Å². The molecule has 3 aromatic carbocycles. The SMILES string of the molecule is COc1ccc(-c2ccc(S(=O)(=O)NCc3ccccc3)cc2)cc1. The Hall–Kier alpha value is -2.63. The minimum Gasteiger partial charge on any atom is -0.497 e. The van der Waals surface area contributed by atoms with Crippen LogP contribution in [-0.2, 0) is 16.6 Å². The first-order chi connectivity index (χ1) is 12.1.